The van der Waals surface area contributed by atoms with E-state index in [1.807, 2.05) is 43.0 Å². The summed E-state index contributed by atoms with van der Waals surface area (Å²) in [5.74, 6) is 1.37. The molecule has 0 aliphatic carbocycles. The molecule has 0 atom stereocenters. The molecule has 1 saturated heterocycles. The molecule has 0 unspecified atom stereocenters. The van der Waals surface area contributed by atoms with E-state index in [2.05, 4.69) is 20.9 Å². The summed E-state index contributed by atoms with van der Waals surface area (Å²) in [5, 5.41) is 0.672. The van der Waals surface area contributed by atoms with E-state index in [1.54, 1.807) is 7.11 Å². The molecule has 138 valence electrons. The number of carbonyl (C=O) groups is 1. The lowest BCUT2D eigenvalue weighted by molar-refractivity contribution is -0.128. The first kappa shape index (κ1) is 18.5. The smallest absolute Gasteiger partial charge is 0.233 e. The SMILES string of the molecule is COc1cccc(N2CCN(C(=O)CSc3nc(C)cc(C)n3)CC2)c1. The van der Waals surface area contributed by atoms with Crippen LogP contribution in [0.2, 0.25) is 0 Å². The Morgan fingerprint density at radius 1 is 1.12 bits per heavy atom. The molecule has 7 heteroatoms. The van der Waals surface area contributed by atoms with Gasteiger partial charge in [0.25, 0.3) is 0 Å². The molecule has 1 aromatic heterocycles. The van der Waals surface area contributed by atoms with Gasteiger partial charge in [0.15, 0.2) is 5.16 Å². The van der Waals surface area contributed by atoms with E-state index in [4.69, 9.17) is 4.74 Å². The summed E-state index contributed by atoms with van der Waals surface area (Å²) < 4.78 is 5.29. The Kier molecular flexibility index (Phi) is 5.98. The maximum absolute atomic E-state index is 12.5. The fourth-order valence-corrected chi connectivity index (χ4v) is 3.85. The van der Waals surface area contributed by atoms with Crippen molar-refractivity contribution in [2.24, 2.45) is 0 Å². The maximum atomic E-state index is 12.5. The molecule has 1 amide bonds. The second-order valence-corrected chi connectivity index (χ2v) is 7.23. The van der Waals surface area contributed by atoms with E-state index < -0.39 is 0 Å². The van der Waals surface area contributed by atoms with Crippen molar-refractivity contribution in [1.29, 1.82) is 0 Å². The molecule has 0 spiro atoms. The molecule has 1 aromatic carbocycles. The molecular formula is C19H24N4O2S. The van der Waals surface area contributed by atoms with Crippen LogP contribution in [0, 0.1) is 13.8 Å². The second-order valence-electron chi connectivity index (χ2n) is 6.29. The number of nitrogens with zero attached hydrogens (tertiary/aromatic N) is 4. The van der Waals surface area contributed by atoms with Crippen LogP contribution in [-0.2, 0) is 4.79 Å². The number of carbonyl (C=O) groups excluding carboxylic acids is 1. The number of hydrogen-bond acceptors (Lipinski definition) is 6. The standard InChI is InChI=1S/C19H24N4O2S/c1-14-11-15(2)21-19(20-14)26-13-18(24)23-9-7-22(8-10-23)16-5-4-6-17(12-16)25-3/h4-6,11-12H,7-10,13H2,1-3H3. The van der Waals surface area contributed by atoms with Gasteiger partial charge < -0.3 is 14.5 Å². The van der Waals surface area contributed by atoms with Crippen molar-refractivity contribution in [3.05, 3.63) is 41.7 Å². The molecule has 26 heavy (non-hydrogen) atoms. The van der Waals surface area contributed by atoms with Crippen LogP contribution in [0.5, 0.6) is 5.75 Å². The number of amides is 1. The third-order valence-electron chi connectivity index (χ3n) is 4.34. The van der Waals surface area contributed by atoms with Crippen molar-refractivity contribution in [2.75, 3.05) is 43.9 Å². The van der Waals surface area contributed by atoms with Gasteiger partial charge in [-0.3, -0.25) is 4.79 Å². The number of ether oxygens (including phenoxy) is 1. The van der Waals surface area contributed by atoms with Gasteiger partial charge in [0.2, 0.25) is 5.91 Å². The van der Waals surface area contributed by atoms with Crippen LogP contribution in [-0.4, -0.2) is 59.8 Å². The maximum Gasteiger partial charge on any atom is 0.233 e. The van der Waals surface area contributed by atoms with Crippen molar-refractivity contribution in [3.8, 4) is 5.75 Å². The largest absolute Gasteiger partial charge is 0.497 e. The lowest BCUT2D eigenvalue weighted by Gasteiger charge is -2.36. The summed E-state index contributed by atoms with van der Waals surface area (Å²) in [6, 6.07) is 9.98. The van der Waals surface area contributed by atoms with E-state index in [9.17, 15) is 4.79 Å². The van der Waals surface area contributed by atoms with Gasteiger partial charge in [-0.2, -0.15) is 0 Å². The number of rotatable bonds is 5. The Bertz CT molecular complexity index is 756. The molecule has 1 aliphatic heterocycles. The topological polar surface area (TPSA) is 58.6 Å². The van der Waals surface area contributed by atoms with Crippen molar-refractivity contribution in [1.82, 2.24) is 14.9 Å². The number of benzene rings is 1. The molecule has 0 radical (unpaired) electrons. The number of methoxy groups -OCH3 is 1. The molecule has 0 saturated carbocycles. The van der Waals surface area contributed by atoms with E-state index >= 15 is 0 Å². The highest BCUT2D eigenvalue weighted by Gasteiger charge is 2.21. The Hall–Kier alpha value is -2.28. The molecule has 0 N–H and O–H groups in total. The van der Waals surface area contributed by atoms with Crippen molar-refractivity contribution < 1.29 is 9.53 Å². The summed E-state index contributed by atoms with van der Waals surface area (Å²) in [6.45, 7) is 6.98. The molecule has 1 fully saturated rings. The average molecular weight is 372 g/mol. The molecule has 1 aliphatic rings. The Labute approximate surface area is 158 Å². The van der Waals surface area contributed by atoms with Gasteiger partial charge in [-0.05, 0) is 32.0 Å². The summed E-state index contributed by atoms with van der Waals surface area (Å²) in [6.07, 6.45) is 0. The zero-order valence-electron chi connectivity index (χ0n) is 15.4. The first-order valence-electron chi connectivity index (χ1n) is 8.67. The predicted octanol–water partition coefficient (Wildman–Crippen LogP) is 2.54. The van der Waals surface area contributed by atoms with E-state index in [1.165, 1.54) is 11.8 Å². The minimum atomic E-state index is 0.142. The lowest BCUT2D eigenvalue weighted by Crippen LogP contribution is -2.49. The lowest BCUT2D eigenvalue weighted by atomic mass is 10.2. The van der Waals surface area contributed by atoms with Gasteiger partial charge in [-0.1, -0.05) is 17.8 Å². The Morgan fingerprint density at radius 2 is 1.81 bits per heavy atom. The molecule has 2 aromatic rings. The monoisotopic (exact) mass is 372 g/mol. The Morgan fingerprint density at radius 3 is 2.46 bits per heavy atom. The number of hydrogen-bond donors (Lipinski definition) is 0. The van der Waals surface area contributed by atoms with Crippen LogP contribution < -0.4 is 9.64 Å². The molecule has 2 heterocycles. The van der Waals surface area contributed by atoms with Crippen LogP contribution in [0.25, 0.3) is 0 Å². The molecular weight excluding hydrogens is 348 g/mol. The second kappa shape index (κ2) is 8.40. The van der Waals surface area contributed by atoms with Crippen molar-refractivity contribution in [3.63, 3.8) is 0 Å². The van der Waals surface area contributed by atoms with Gasteiger partial charge in [0.1, 0.15) is 5.75 Å². The number of aromatic nitrogens is 2. The van der Waals surface area contributed by atoms with E-state index in [0.29, 0.717) is 10.9 Å². The number of anilines is 1. The average Bonchev–Trinajstić information content (AvgIpc) is 2.65. The first-order valence-corrected chi connectivity index (χ1v) is 9.65. The third-order valence-corrected chi connectivity index (χ3v) is 5.17. The molecule has 3 rings (SSSR count). The molecule has 0 bridgehead atoms. The fraction of sp³-hybridized carbons (Fsp3) is 0.421. The minimum Gasteiger partial charge on any atom is -0.497 e. The number of aryl methyl sites for hydroxylation is 2. The quantitative estimate of drug-likeness (QED) is 0.594. The zero-order valence-corrected chi connectivity index (χ0v) is 16.3. The van der Waals surface area contributed by atoms with E-state index in [-0.39, 0.29) is 5.91 Å². The van der Waals surface area contributed by atoms with Gasteiger partial charge >= 0.3 is 0 Å². The highest BCUT2D eigenvalue weighted by molar-refractivity contribution is 7.99. The predicted molar refractivity (Wildman–Crippen MR) is 104 cm³/mol. The summed E-state index contributed by atoms with van der Waals surface area (Å²) in [5.41, 5.74) is 2.99. The van der Waals surface area contributed by atoms with E-state index in [0.717, 1.165) is 49.0 Å². The van der Waals surface area contributed by atoms with Gasteiger partial charge in [-0.25, -0.2) is 9.97 Å². The van der Waals surface area contributed by atoms with Crippen LogP contribution in [0.3, 0.4) is 0 Å². The van der Waals surface area contributed by atoms with Gasteiger partial charge in [0.05, 0.1) is 12.9 Å². The zero-order chi connectivity index (χ0) is 18.5. The highest BCUT2D eigenvalue weighted by Crippen LogP contribution is 2.22. The highest BCUT2D eigenvalue weighted by atomic mass is 32.2. The van der Waals surface area contributed by atoms with Crippen LogP contribution in [0.4, 0.5) is 5.69 Å². The third kappa shape index (κ3) is 4.66. The normalized spacial score (nSPS) is 14.4. The number of thioether (sulfide) groups is 1. The summed E-state index contributed by atoms with van der Waals surface area (Å²) >= 11 is 1.41. The summed E-state index contributed by atoms with van der Waals surface area (Å²) in [4.78, 5) is 25.5. The number of piperazine rings is 1. The van der Waals surface area contributed by atoms with Gasteiger partial charge in [0, 0.05) is 49.3 Å². The molecule has 6 nitrogen and oxygen atoms in total. The Balaban J connectivity index is 1.51. The van der Waals surface area contributed by atoms with Crippen molar-refractivity contribution >= 4 is 23.4 Å². The summed E-state index contributed by atoms with van der Waals surface area (Å²) in [7, 11) is 1.67. The first-order chi connectivity index (χ1) is 12.5. The van der Waals surface area contributed by atoms with Crippen LogP contribution in [0.15, 0.2) is 35.5 Å². The van der Waals surface area contributed by atoms with Crippen LogP contribution >= 0.6 is 11.8 Å². The fourth-order valence-electron chi connectivity index (χ4n) is 3.00. The van der Waals surface area contributed by atoms with Crippen LogP contribution in [0.1, 0.15) is 11.4 Å². The minimum absolute atomic E-state index is 0.142. The van der Waals surface area contributed by atoms with Gasteiger partial charge in [-0.15, -0.1) is 0 Å². The van der Waals surface area contributed by atoms with Crippen molar-refractivity contribution in [2.45, 2.75) is 19.0 Å².